The van der Waals surface area contributed by atoms with E-state index in [0.717, 1.165) is 30.7 Å². The molecular weight excluding hydrogens is 353 g/mol. The number of hydrogen-bond donors (Lipinski definition) is 1. The first-order valence-corrected chi connectivity index (χ1v) is 8.49. The summed E-state index contributed by atoms with van der Waals surface area (Å²) in [5.74, 6) is 0.0676. The molecule has 1 heterocycles. The van der Waals surface area contributed by atoms with Crippen molar-refractivity contribution in [2.75, 3.05) is 13.1 Å². The van der Waals surface area contributed by atoms with Crippen LogP contribution in [-0.2, 0) is 16.2 Å². The van der Waals surface area contributed by atoms with Crippen molar-refractivity contribution in [1.29, 1.82) is 0 Å². The first-order chi connectivity index (χ1) is 10.1. The summed E-state index contributed by atoms with van der Waals surface area (Å²) in [5.41, 5.74) is 4.97. The van der Waals surface area contributed by atoms with Gasteiger partial charge in [-0.15, -0.1) is 12.4 Å². The lowest BCUT2D eigenvalue weighted by molar-refractivity contribution is -0.137. The van der Waals surface area contributed by atoms with Crippen molar-refractivity contribution < 1.29 is 21.6 Å². The quantitative estimate of drug-likeness (QED) is 0.887. The van der Waals surface area contributed by atoms with Gasteiger partial charge in [-0.3, -0.25) is 0 Å². The Balaban J connectivity index is 0.00000264. The Morgan fingerprint density at radius 2 is 1.83 bits per heavy atom. The average molecular weight is 373 g/mol. The molecular formula is C14H20ClF3N2O2S. The Morgan fingerprint density at radius 3 is 2.30 bits per heavy atom. The van der Waals surface area contributed by atoms with E-state index in [-0.39, 0.29) is 29.3 Å². The summed E-state index contributed by atoms with van der Waals surface area (Å²) in [7, 11) is -3.78. The van der Waals surface area contributed by atoms with E-state index >= 15 is 0 Å². The van der Waals surface area contributed by atoms with Gasteiger partial charge in [-0.2, -0.15) is 17.5 Å². The van der Waals surface area contributed by atoms with Crippen LogP contribution in [-0.4, -0.2) is 31.9 Å². The predicted octanol–water partition coefficient (Wildman–Crippen LogP) is 2.88. The van der Waals surface area contributed by atoms with Crippen LogP contribution in [0.25, 0.3) is 0 Å². The molecule has 4 nitrogen and oxygen atoms in total. The lowest BCUT2D eigenvalue weighted by Crippen LogP contribution is -2.44. The van der Waals surface area contributed by atoms with E-state index in [1.807, 2.05) is 6.92 Å². The molecule has 1 aliphatic rings. The first kappa shape index (κ1) is 20.2. The van der Waals surface area contributed by atoms with E-state index in [4.69, 9.17) is 5.73 Å². The lowest BCUT2D eigenvalue weighted by Gasteiger charge is -2.33. The molecule has 0 aliphatic carbocycles. The molecule has 1 aromatic rings. The van der Waals surface area contributed by atoms with E-state index in [2.05, 4.69) is 0 Å². The molecule has 0 amide bonds. The van der Waals surface area contributed by atoms with Crippen LogP contribution in [0.3, 0.4) is 0 Å². The van der Waals surface area contributed by atoms with Gasteiger partial charge >= 0.3 is 6.18 Å². The smallest absolute Gasteiger partial charge is 0.328 e. The molecule has 1 fully saturated rings. The summed E-state index contributed by atoms with van der Waals surface area (Å²) in [6.45, 7) is 2.51. The predicted molar refractivity (Wildman–Crippen MR) is 83.8 cm³/mol. The minimum Gasteiger partial charge on any atom is -0.328 e. The topological polar surface area (TPSA) is 63.4 Å². The fourth-order valence-electron chi connectivity index (χ4n) is 2.59. The number of nitrogens with two attached hydrogens (primary N) is 1. The van der Waals surface area contributed by atoms with Crippen LogP contribution in [0.15, 0.2) is 29.2 Å². The first-order valence-electron chi connectivity index (χ1n) is 7.05. The standard InChI is InChI=1S/C14H19F3N2O2S.ClH/c1-10(18)11-3-2-8-19(9-11)22(20,21)13-6-4-12(5-7-13)14(15,16)17;/h4-7,10-11H,2-3,8-9,18H2,1H3;1H. The molecule has 0 aromatic heterocycles. The SMILES string of the molecule is CC(N)C1CCCN(S(=O)(=O)c2ccc(C(F)(F)F)cc2)C1.Cl. The maximum absolute atomic E-state index is 12.5. The summed E-state index contributed by atoms with van der Waals surface area (Å²) < 4.78 is 64.0. The van der Waals surface area contributed by atoms with Gasteiger partial charge in [0, 0.05) is 19.1 Å². The number of hydrogen-bond acceptors (Lipinski definition) is 3. The summed E-state index contributed by atoms with van der Waals surface area (Å²) in [4.78, 5) is -0.120. The molecule has 2 rings (SSSR count). The molecule has 0 saturated carbocycles. The zero-order valence-electron chi connectivity index (χ0n) is 12.6. The van der Waals surface area contributed by atoms with Gasteiger partial charge in [0.25, 0.3) is 0 Å². The monoisotopic (exact) mass is 372 g/mol. The van der Waals surface area contributed by atoms with Crippen molar-refractivity contribution in [3.05, 3.63) is 29.8 Å². The highest BCUT2D eigenvalue weighted by Crippen LogP contribution is 2.31. The summed E-state index contributed by atoms with van der Waals surface area (Å²) in [6.07, 6.45) is -2.92. The number of alkyl halides is 3. The van der Waals surface area contributed by atoms with Crippen LogP contribution in [0.1, 0.15) is 25.3 Å². The second kappa shape index (κ2) is 7.38. The number of rotatable bonds is 3. The summed E-state index contributed by atoms with van der Waals surface area (Å²) in [5, 5.41) is 0. The average Bonchev–Trinajstić information content (AvgIpc) is 2.46. The van der Waals surface area contributed by atoms with E-state index < -0.39 is 21.8 Å². The third kappa shape index (κ3) is 4.59. The lowest BCUT2D eigenvalue weighted by atomic mass is 9.93. The molecule has 1 saturated heterocycles. The number of sulfonamides is 1. The number of halogens is 4. The molecule has 23 heavy (non-hydrogen) atoms. The molecule has 0 radical (unpaired) electrons. The molecule has 1 aliphatic heterocycles. The van der Waals surface area contributed by atoms with E-state index in [1.54, 1.807) is 0 Å². The maximum Gasteiger partial charge on any atom is 0.416 e. The van der Waals surface area contributed by atoms with Gasteiger partial charge < -0.3 is 5.73 Å². The van der Waals surface area contributed by atoms with Crippen molar-refractivity contribution in [1.82, 2.24) is 4.31 Å². The zero-order chi connectivity index (χ0) is 16.5. The van der Waals surface area contributed by atoms with Gasteiger partial charge in [-0.25, -0.2) is 8.42 Å². The minimum absolute atomic E-state index is 0. The normalized spacial score (nSPS) is 21.5. The zero-order valence-corrected chi connectivity index (χ0v) is 14.2. The van der Waals surface area contributed by atoms with Crippen LogP contribution in [0.2, 0.25) is 0 Å². The fraction of sp³-hybridized carbons (Fsp3) is 0.571. The Bertz CT molecular complexity index is 618. The third-order valence-corrected chi connectivity index (χ3v) is 5.86. The largest absolute Gasteiger partial charge is 0.416 e. The van der Waals surface area contributed by atoms with Gasteiger partial charge in [0.05, 0.1) is 10.5 Å². The van der Waals surface area contributed by atoms with Crippen molar-refractivity contribution in [2.24, 2.45) is 11.7 Å². The Hall–Kier alpha value is -0.830. The van der Waals surface area contributed by atoms with Crippen molar-refractivity contribution in [3.8, 4) is 0 Å². The van der Waals surface area contributed by atoms with Crippen molar-refractivity contribution >= 4 is 22.4 Å². The van der Waals surface area contributed by atoms with Crippen LogP contribution < -0.4 is 5.73 Å². The van der Waals surface area contributed by atoms with Gasteiger partial charge in [0.2, 0.25) is 10.0 Å². The van der Waals surface area contributed by atoms with Crippen molar-refractivity contribution in [3.63, 3.8) is 0 Å². The Morgan fingerprint density at radius 1 is 1.26 bits per heavy atom. The summed E-state index contributed by atoms with van der Waals surface area (Å²) in [6, 6.07) is 3.48. The number of benzene rings is 1. The second-order valence-corrected chi connectivity index (χ2v) is 7.58. The molecule has 2 unspecified atom stereocenters. The van der Waals surface area contributed by atoms with Crippen LogP contribution in [0.4, 0.5) is 13.2 Å². The highest BCUT2D eigenvalue weighted by molar-refractivity contribution is 7.89. The molecule has 132 valence electrons. The molecule has 0 spiro atoms. The number of piperidine rings is 1. The minimum atomic E-state index is -4.48. The highest BCUT2D eigenvalue weighted by Gasteiger charge is 2.33. The van der Waals surface area contributed by atoms with Crippen molar-refractivity contribution in [2.45, 2.75) is 36.9 Å². The van der Waals surface area contributed by atoms with Gasteiger partial charge in [-0.05, 0) is 49.9 Å². The van der Waals surface area contributed by atoms with Gasteiger partial charge in [-0.1, -0.05) is 0 Å². The van der Waals surface area contributed by atoms with E-state index in [0.29, 0.717) is 19.5 Å². The Labute approximate surface area is 140 Å². The van der Waals surface area contributed by atoms with E-state index in [9.17, 15) is 21.6 Å². The molecule has 0 bridgehead atoms. The van der Waals surface area contributed by atoms with Crippen LogP contribution in [0, 0.1) is 5.92 Å². The fourth-order valence-corrected chi connectivity index (χ4v) is 4.12. The second-order valence-electron chi connectivity index (χ2n) is 5.65. The summed E-state index contributed by atoms with van der Waals surface area (Å²) >= 11 is 0. The van der Waals surface area contributed by atoms with Crippen LogP contribution in [0.5, 0.6) is 0 Å². The molecule has 9 heteroatoms. The molecule has 1 aromatic carbocycles. The van der Waals surface area contributed by atoms with E-state index in [1.165, 1.54) is 4.31 Å². The van der Waals surface area contributed by atoms with Crippen LogP contribution >= 0.6 is 12.4 Å². The Kier molecular flexibility index (Phi) is 6.48. The molecule has 2 N–H and O–H groups in total. The molecule has 2 atom stereocenters. The maximum atomic E-state index is 12.5. The number of nitrogens with zero attached hydrogens (tertiary/aromatic N) is 1. The van der Waals surface area contributed by atoms with Gasteiger partial charge in [0.1, 0.15) is 0 Å². The third-order valence-electron chi connectivity index (χ3n) is 3.98. The highest BCUT2D eigenvalue weighted by atomic mass is 35.5. The van der Waals surface area contributed by atoms with Gasteiger partial charge in [0.15, 0.2) is 0 Å².